The van der Waals surface area contributed by atoms with E-state index in [1.54, 1.807) is 6.20 Å². The van der Waals surface area contributed by atoms with Gasteiger partial charge in [-0.1, -0.05) is 24.3 Å². The first-order valence-electron chi connectivity index (χ1n) is 8.26. The normalized spacial score (nSPS) is 18.5. The standard InChI is InChI=1S/C18H21N3O/c22-18(20-13-8-9-13)16-12-19-17(21-10-4-1-5-11-21)15-7-3-2-6-14(15)16/h2-3,6-7,12-13H,1,4-5,8-11H2,(H,20,22). The summed E-state index contributed by atoms with van der Waals surface area (Å²) >= 11 is 0. The van der Waals surface area contributed by atoms with Gasteiger partial charge in [0.2, 0.25) is 0 Å². The van der Waals surface area contributed by atoms with E-state index in [4.69, 9.17) is 0 Å². The number of carbonyl (C=O) groups is 1. The number of amides is 1. The molecule has 114 valence electrons. The molecule has 1 aromatic heterocycles. The predicted octanol–water partition coefficient (Wildman–Crippen LogP) is 3.12. The van der Waals surface area contributed by atoms with E-state index in [-0.39, 0.29) is 5.91 Å². The number of nitrogens with zero attached hydrogens (tertiary/aromatic N) is 2. The van der Waals surface area contributed by atoms with Gasteiger partial charge in [0.15, 0.2) is 0 Å². The van der Waals surface area contributed by atoms with E-state index in [0.29, 0.717) is 11.6 Å². The Labute approximate surface area is 130 Å². The van der Waals surface area contributed by atoms with Crippen LogP contribution in [0.3, 0.4) is 0 Å². The first-order chi connectivity index (χ1) is 10.8. The van der Waals surface area contributed by atoms with Crippen LogP contribution < -0.4 is 10.2 Å². The Bertz CT molecular complexity index is 703. The van der Waals surface area contributed by atoms with Crippen molar-refractivity contribution in [2.75, 3.05) is 18.0 Å². The van der Waals surface area contributed by atoms with Crippen molar-refractivity contribution in [1.82, 2.24) is 10.3 Å². The zero-order valence-corrected chi connectivity index (χ0v) is 12.7. The van der Waals surface area contributed by atoms with Crippen LogP contribution in [0.1, 0.15) is 42.5 Å². The number of fused-ring (bicyclic) bond motifs is 1. The van der Waals surface area contributed by atoms with Crippen LogP contribution in [0.25, 0.3) is 10.8 Å². The molecule has 1 aromatic carbocycles. The number of piperidine rings is 1. The van der Waals surface area contributed by atoms with Gasteiger partial charge in [0.1, 0.15) is 5.82 Å². The summed E-state index contributed by atoms with van der Waals surface area (Å²) in [7, 11) is 0. The van der Waals surface area contributed by atoms with Crippen LogP contribution in [0.4, 0.5) is 5.82 Å². The average molecular weight is 295 g/mol. The molecule has 2 aromatic rings. The van der Waals surface area contributed by atoms with Crippen LogP contribution in [0.2, 0.25) is 0 Å². The number of nitrogens with one attached hydrogen (secondary N) is 1. The zero-order chi connectivity index (χ0) is 14.9. The van der Waals surface area contributed by atoms with Crippen molar-refractivity contribution in [2.24, 2.45) is 0 Å². The monoisotopic (exact) mass is 295 g/mol. The maximum absolute atomic E-state index is 12.4. The van der Waals surface area contributed by atoms with E-state index in [0.717, 1.165) is 42.5 Å². The number of hydrogen-bond acceptors (Lipinski definition) is 3. The lowest BCUT2D eigenvalue weighted by Gasteiger charge is -2.29. The van der Waals surface area contributed by atoms with E-state index in [9.17, 15) is 4.79 Å². The van der Waals surface area contributed by atoms with Gasteiger partial charge in [0.25, 0.3) is 5.91 Å². The Morgan fingerprint density at radius 2 is 1.82 bits per heavy atom. The molecule has 1 aliphatic carbocycles. The van der Waals surface area contributed by atoms with Crippen molar-refractivity contribution < 1.29 is 4.79 Å². The number of rotatable bonds is 3. The second-order valence-electron chi connectivity index (χ2n) is 6.34. The SMILES string of the molecule is O=C(NC1CC1)c1cnc(N2CCCCC2)c2ccccc12. The van der Waals surface area contributed by atoms with Gasteiger partial charge in [-0.3, -0.25) is 4.79 Å². The fourth-order valence-corrected chi connectivity index (χ4v) is 3.21. The third kappa shape index (κ3) is 2.54. The van der Waals surface area contributed by atoms with E-state index in [1.165, 1.54) is 19.3 Å². The van der Waals surface area contributed by atoms with E-state index < -0.39 is 0 Å². The number of aromatic nitrogens is 1. The fourth-order valence-electron chi connectivity index (χ4n) is 3.21. The summed E-state index contributed by atoms with van der Waals surface area (Å²) in [4.78, 5) is 19.4. The van der Waals surface area contributed by atoms with E-state index in [2.05, 4.69) is 21.3 Å². The van der Waals surface area contributed by atoms with Gasteiger partial charge >= 0.3 is 0 Å². The first kappa shape index (κ1) is 13.6. The molecule has 0 atom stereocenters. The summed E-state index contributed by atoms with van der Waals surface area (Å²) in [5, 5.41) is 5.17. The summed E-state index contributed by atoms with van der Waals surface area (Å²) in [5.74, 6) is 1.04. The minimum absolute atomic E-state index is 0.0106. The lowest BCUT2D eigenvalue weighted by Crippen LogP contribution is -2.31. The fraction of sp³-hybridized carbons (Fsp3) is 0.444. The highest BCUT2D eigenvalue weighted by Crippen LogP contribution is 2.29. The Kier molecular flexibility index (Phi) is 3.45. The quantitative estimate of drug-likeness (QED) is 0.946. The molecule has 2 aliphatic rings. The van der Waals surface area contributed by atoms with E-state index >= 15 is 0 Å². The molecular weight excluding hydrogens is 274 g/mol. The molecule has 1 aliphatic heterocycles. The molecule has 4 nitrogen and oxygen atoms in total. The lowest BCUT2D eigenvalue weighted by molar-refractivity contribution is 0.0952. The van der Waals surface area contributed by atoms with Gasteiger partial charge in [-0.2, -0.15) is 0 Å². The van der Waals surface area contributed by atoms with Crippen molar-refractivity contribution in [2.45, 2.75) is 38.1 Å². The van der Waals surface area contributed by atoms with Gasteiger partial charge in [-0.05, 0) is 37.5 Å². The maximum Gasteiger partial charge on any atom is 0.253 e. The minimum Gasteiger partial charge on any atom is -0.356 e. The first-order valence-corrected chi connectivity index (χ1v) is 8.26. The minimum atomic E-state index is 0.0106. The molecule has 0 bridgehead atoms. The Balaban J connectivity index is 1.75. The third-order valence-electron chi connectivity index (χ3n) is 4.59. The van der Waals surface area contributed by atoms with Crippen molar-refractivity contribution >= 4 is 22.5 Å². The van der Waals surface area contributed by atoms with Gasteiger partial charge in [-0.25, -0.2) is 4.98 Å². The Morgan fingerprint density at radius 1 is 1.09 bits per heavy atom. The summed E-state index contributed by atoms with van der Waals surface area (Å²) in [5.41, 5.74) is 0.697. The topological polar surface area (TPSA) is 45.2 Å². The van der Waals surface area contributed by atoms with Crippen LogP contribution in [0.5, 0.6) is 0 Å². The van der Waals surface area contributed by atoms with Gasteiger partial charge < -0.3 is 10.2 Å². The molecule has 1 amide bonds. The molecule has 22 heavy (non-hydrogen) atoms. The van der Waals surface area contributed by atoms with Gasteiger partial charge in [0, 0.05) is 30.7 Å². The molecule has 4 heteroatoms. The molecule has 1 N–H and O–H groups in total. The van der Waals surface area contributed by atoms with Crippen LogP contribution in [-0.2, 0) is 0 Å². The van der Waals surface area contributed by atoms with Crippen molar-refractivity contribution in [3.05, 3.63) is 36.0 Å². The largest absolute Gasteiger partial charge is 0.356 e. The zero-order valence-electron chi connectivity index (χ0n) is 12.7. The van der Waals surface area contributed by atoms with Crippen molar-refractivity contribution in [1.29, 1.82) is 0 Å². The predicted molar refractivity (Wildman–Crippen MR) is 88.3 cm³/mol. The summed E-state index contributed by atoms with van der Waals surface area (Å²) in [6, 6.07) is 8.51. The Morgan fingerprint density at radius 3 is 2.55 bits per heavy atom. The molecule has 1 saturated carbocycles. The van der Waals surface area contributed by atoms with Gasteiger partial charge in [0.05, 0.1) is 5.56 Å². The average Bonchev–Trinajstić information content (AvgIpc) is 3.38. The molecule has 1 saturated heterocycles. The molecule has 2 fully saturated rings. The molecule has 4 rings (SSSR count). The van der Waals surface area contributed by atoms with Gasteiger partial charge in [-0.15, -0.1) is 0 Å². The third-order valence-corrected chi connectivity index (χ3v) is 4.59. The molecule has 2 heterocycles. The lowest BCUT2D eigenvalue weighted by atomic mass is 10.0. The maximum atomic E-state index is 12.4. The van der Waals surface area contributed by atoms with Crippen molar-refractivity contribution in [3.8, 4) is 0 Å². The highest BCUT2D eigenvalue weighted by atomic mass is 16.1. The number of benzene rings is 1. The van der Waals surface area contributed by atoms with Crippen LogP contribution in [-0.4, -0.2) is 30.0 Å². The molecule has 0 spiro atoms. The van der Waals surface area contributed by atoms with E-state index in [1.807, 2.05) is 18.2 Å². The van der Waals surface area contributed by atoms with Crippen LogP contribution in [0.15, 0.2) is 30.5 Å². The number of hydrogen-bond donors (Lipinski definition) is 1. The van der Waals surface area contributed by atoms with Crippen LogP contribution in [0, 0.1) is 0 Å². The smallest absolute Gasteiger partial charge is 0.253 e. The number of anilines is 1. The molecule has 0 unspecified atom stereocenters. The highest BCUT2D eigenvalue weighted by Gasteiger charge is 2.25. The molecular formula is C18H21N3O. The summed E-state index contributed by atoms with van der Waals surface area (Å²) < 4.78 is 0. The van der Waals surface area contributed by atoms with Crippen molar-refractivity contribution in [3.63, 3.8) is 0 Å². The Hall–Kier alpha value is -2.10. The molecule has 0 radical (unpaired) electrons. The number of carbonyl (C=O) groups excluding carboxylic acids is 1. The summed E-state index contributed by atoms with van der Waals surface area (Å²) in [6.07, 6.45) is 7.70. The van der Waals surface area contributed by atoms with Crippen LogP contribution >= 0.6 is 0 Å². The number of pyridine rings is 1. The summed E-state index contributed by atoms with van der Waals surface area (Å²) in [6.45, 7) is 2.12. The highest BCUT2D eigenvalue weighted by molar-refractivity contribution is 6.09. The second-order valence-corrected chi connectivity index (χ2v) is 6.34. The second kappa shape index (κ2) is 5.59.